The van der Waals surface area contributed by atoms with Crippen molar-refractivity contribution >= 4 is 17.2 Å². The van der Waals surface area contributed by atoms with E-state index in [1.807, 2.05) is 74.7 Å². The van der Waals surface area contributed by atoms with E-state index in [4.69, 9.17) is 10.1 Å². The van der Waals surface area contributed by atoms with E-state index < -0.39 is 0 Å². The van der Waals surface area contributed by atoms with E-state index in [0.29, 0.717) is 0 Å². The predicted octanol–water partition coefficient (Wildman–Crippen LogP) is 4.81. The van der Waals surface area contributed by atoms with Crippen LogP contribution in [0.3, 0.4) is 0 Å². The van der Waals surface area contributed by atoms with Gasteiger partial charge >= 0.3 is 0 Å². The molecule has 4 aromatic rings. The molecule has 0 aliphatic carbocycles. The lowest BCUT2D eigenvalue weighted by atomic mass is 10.1. The van der Waals surface area contributed by atoms with Crippen molar-refractivity contribution in [3.63, 3.8) is 0 Å². The Morgan fingerprint density at radius 1 is 0.931 bits per heavy atom. The van der Waals surface area contributed by atoms with E-state index in [2.05, 4.69) is 17.4 Å². The second-order valence-electron chi connectivity index (χ2n) is 7.36. The molecule has 0 saturated carbocycles. The van der Waals surface area contributed by atoms with E-state index in [1.165, 1.54) is 0 Å². The summed E-state index contributed by atoms with van der Waals surface area (Å²) in [6.07, 6.45) is 0.258. The number of carbonyl (C=O) groups is 1. The van der Waals surface area contributed by atoms with Gasteiger partial charge in [0.25, 0.3) is 0 Å². The van der Waals surface area contributed by atoms with Gasteiger partial charge in [-0.15, -0.1) is 0 Å². The Kier molecular flexibility index (Phi) is 4.89. The number of fused-ring (bicyclic) bond motifs is 1. The van der Waals surface area contributed by atoms with Crippen molar-refractivity contribution in [2.24, 2.45) is 0 Å². The molecule has 1 N–H and O–H groups in total. The highest BCUT2D eigenvalue weighted by molar-refractivity contribution is 5.93. The van der Waals surface area contributed by atoms with Crippen LogP contribution >= 0.6 is 0 Å². The summed E-state index contributed by atoms with van der Waals surface area (Å²) in [4.78, 5) is 17.5. The molecule has 5 heteroatoms. The zero-order chi connectivity index (χ0) is 20.5. The summed E-state index contributed by atoms with van der Waals surface area (Å²) in [5.74, 6) is -0.0567. The third kappa shape index (κ3) is 3.51. The molecule has 5 nitrogen and oxygen atoms in total. The summed E-state index contributed by atoms with van der Waals surface area (Å²) in [6, 6.07) is 17.9. The van der Waals surface area contributed by atoms with Gasteiger partial charge in [-0.25, -0.2) is 9.50 Å². The molecule has 2 aromatic heterocycles. The van der Waals surface area contributed by atoms with Crippen molar-refractivity contribution in [3.05, 3.63) is 82.8 Å². The number of aromatic nitrogens is 3. The highest BCUT2D eigenvalue weighted by Crippen LogP contribution is 2.29. The Bertz CT molecular complexity index is 1210. The molecule has 0 atom stereocenters. The van der Waals surface area contributed by atoms with Gasteiger partial charge in [0, 0.05) is 28.2 Å². The summed E-state index contributed by atoms with van der Waals surface area (Å²) in [6.45, 7) is 7.94. The summed E-state index contributed by atoms with van der Waals surface area (Å²) in [7, 11) is 0. The van der Waals surface area contributed by atoms with Crippen LogP contribution in [0, 0.1) is 27.7 Å². The number of amides is 1. The van der Waals surface area contributed by atoms with E-state index >= 15 is 0 Å². The number of aryl methyl sites for hydroxylation is 4. The highest BCUT2D eigenvalue weighted by Gasteiger charge is 2.19. The lowest BCUT2D eigenvalue weighted by Crippen LogP contribution is -2.18. The van der Waals surface area contributed by atoms with Gasteiger partial charge in [-0.05, 0) is 44.9 Å². The smallest absolute Gasteiger partial charge is 0.228 e. The van der Waals surface area contributed by atoms with Crippen molar-refractivity contribution in [2.45, 2.75) is 34.1 Å². The first-order valence-corrected chi connectivity index (χ1v) is 9.72. The highest BCUT2D eigenvalue weighted by atomic mass is 16.1. The number of carbonyl (C=O) groups excluding carboxylic acids is 1. The van der Waals surface area contributed by atoms with Crippen molar-refractivity contribution in [2.75, 3.05) is 5.32 Å². The van der Waals surface area contributed by atoms with Gasteiger partial charge in [0.1, 0.15) is 0 Å². The molecule has 1 amide bonds. The molecule has 0 aliphatic rings. The number of hydrogen-bond donors (Lipinski definition) is 1. The molecule has 2 aromatic carbocycles. The van der Waals surface area contributed by atoms with Gasteiger partial charge in [-0.1, -0.05) is 48.5 Å². The predicted molar refractivity (Wildman–Crippen MR) is 116 cm³/mol. The fourth-order valence-corrected chi connectivity index (χ4v) is 3.73. The number of anilines is 1. The van der Waals surface area contributed by atoms with Gasteiger partial charge < -0.3 is 5.32 Å². The minimum absolute atomic E-state index is 0.0567. The third-order valence-electron chi connectivity index (χ3n) is 5.32. The molecule has 0 radical (unpaired) electrons. The minimum Gasteiger partial charge on any atom is -0.326 e. The third-order valence-corrected chi connectivity index (χ3v) is 5.32. The van der Waals surface area contributed by atoms with Crippen molar-refractivity contribution < 1.29 is 4.79 Å². The molecular weight excluding hydrogens is 360 g/mol. The Labute approximate surface area is 170 Å². The van der Waals surface area contributed by atoms with Crippen LogP contribution in [0.5, 0.6) is 0 Å². The number of para-hydroxylation sites is 1. The Morgan fingerprint density at radius 2 is 1.62 bits per heavy atom. The second-order valence-corrected chi connectivity index (χ2v) is 7.36. The largest absolute Gasteiger partial charge is 0.326 e. The average Bonchev–Trinajstić information content (AvgIpc) is 3.03. The second kappa shape index (κ2) is 7.51. The van der Waals surface area contributed by atoms with Crippen LogP contribution in [0.4, 0.5) is 5.69 Å². The van der Waals surface area contributed by atoms with E-state index in [9.17, 15) is 4.79 Å². The fourth-order valence-electron chi connectivity index (χ4n) is 3.73. The SMILES string of the molecule is Cc1ccccc1NC(=O)Cc1c(C)nc2c(-c3ccccc3)c(C)nn2c1C. The molecule has 0 bridgehead atoms. The Balaban J connectivity index is 1.71. The number of benzene rings is 2. The average molecular weight is 384 g/mol. The van der Waals surface area contributed by atoms with Crippen LogP contribution in [0.15, 0.2) is 54.6 Å². The Morgan fingerprint density at radius 3 is 2.34 bits per heavy atom. The topological polar surface area (TPSA) is 59.3 Å². The molecular formula is C24H24N4O. The van der Waals surface area contributed by atoms with Crippen LogP contribution in [0.2, 0.25) is 0 Å². The van der Waals surface area contributed by atoms with Crippen molar-refractivity contribution in [3.8, 4) is 11.1 Å². The maximum absolute atomic E-state index is 12.7. The number of nitrogens with one attached hydrogen (secondary N) is 1. The first kappa shape index (κ1) is 18.9. The summed E-state index contributed by atoms with van der Waals surface area (Å²) < 4.78 is 1.86. The molecule has 0 spiro atoms. The lowest BCUT2D eigenvalue weighted by Gasteiger charge is -2.13. The van der Waals surface area contributed by atoms with Crippen molar-refractivity contribution in [1.29, 1.82) is 0 Å². The van der Waals surface area contributed by atoms with E-state index in [-0.39, 0.29) is 12.3 Å². The first-order valence-electron chi connectivity index (χ1n) is 9.72. The fraction of sp³-hybridized carbons (Fsp3) is 0.208. The zero-order valence-corrected chi connectivity index (χ0v) is 17.2. The maximum Gasteiger partial charge on any atom is 0.228 e. The van der Waals surface area contributed by atoms with Gasteiger partial charge in [0.05, 0.1) is 12.1 Å². The zero-order valence-electron chi connectivity index (χ0n) is 17.2. The first-order chi connectivity index (χ1) is 14.0. The summed E-state index contributed by atoms with van der Waals surface area (Å²) in [5, 5.41) is 7.73. The van der Waals surface area contributed by atoms with Gasteiger partial charge in [0.15, 0.2) is 5.65 Å². The number of nitrogens with zero attached hydrogens (tertiary/aromatic N) is 3. The number of hydrogen-bond acceptors (Lipinski definition) is 3. The monoisotopic (exact) mass is 384 g/mol. The van der Waals surface area contributed by atoms with E-state index in [1.54, 1.807) is 0 Å². The van der Waals surface area contributed by atoms with Crippen molar-refractivity contribution in [1.82, 2.24) is 14.6 Å². The normalized spacial score (nSPS) is 11.0. The molecule has 2 heterocycles. The molecule has 146 valence electrons. The summed E-state index contributed by atoms with van der Waals surface area (Å²) in [5.41, 5.74) is 8.46. The van der Waals surface area contributed by atoms with Crippen LogP contribution in [-0.2, 0) is 11.2 Å². The van der Waals surface area contributed by atoms with Gasteiger partial charge in [0.2, 0.25) is 5.91 Å². The summed E-state index contributed by atoms with van der Waals surface area (Å²) >= 11 is 0. The quantitative estimate of drug-likeness (QED) is 0.549. The van der Waals surface area contributed by atoms with Gasteiger partial charge in [-0.2, -0.15) is 5.10 Å². The minimum atomic E-state index is -0.0567. The van der Waals surface area contributed by atoms with Crippen LogP contribution in [-0.4, -0.2) is 20.5 Å². The number of rotatable bonds is 4. The molecule has 0 fully saturated rings. The molecule has 0 saturated heterocycles. The van der Waals surface area contributed by atoms with Crippen LogP contribution in [0.25, 0.3) is 16.8 Å². The maximum atomic E-state index is 12.7. The Hall–Kier alpha value is -3.47. The molecule has 29 heavy (non-hydrogen) atoms. The molecule has 0 aliphatic heterocycles. The standard InChI is InChI=1S/C24H24N4O/c1-15-10-8-9-13-21(15)26-22(29)14-20-16(2)25-24-23(19-11-6-5-7-12-19)17(3)27-28(24)18(20)4/h5-13H,14H2,1-4H3,(H,26,29). The molecule has 0 unspecified atom stereocenters. The van der Waals surface area contributed by atoms with E-state index in [0.717, 1.165) is 50.7 Å². The van der Waals surface area contributed by atoms with Crippen LogP contribution in [0.1, 0.15) is 28.2 Å². The molecule has 4 rings (SSSR count). The van der Waals surface area contributed by atoms with Crippen LogP contribution < -0.4 is 5.32 Å². The van der Waals surface area contributed by atoms with Gasteiger partial charge in [-0.3, -0.25) is 4.79 Å². The lowest BCUT2D eigenvalue weighted by molar-refractivity contribution is -0.115.